The molecule has 1 fully saturated rings. The maximum atomic E-state index is 3.66. The van der Waals surface area contributed by atoms with E-state index in [1.54, 1.807) is 0 Å². The number of hydrogen-bond acceptors (Lipinski definition) is 2. The van der Waals surface area contributed by atoms with Gasteiger partial charge in [0.2, 0.25) is 0 Å². The molecular weight excluding hydrogens is 196 g/mol. The molecule has 0 radical (unpaired) electrons. The van der Waals surface area contributed by atoms with Crippen molar-refractivity contribution in [2.45, 2.75) is 72.0 Å². The second kappa shape index (κ2) is 6.61. The minimum absolute atomic E-state index is 0.724. The van der Waals surface area contributed by atoms with Crippen LogP contribution in [0.2, 0.25) is 0 Å². The summed E-state index contributed by atoms with van der Waals surface area (Å²) in [6, 6.07) is 2.22. The summed E-state index contributed by atoms with van der Waals surface area (Å²) in [6.07, 6.45) is 3.88. The largest absolute Gasteiger partial charge is 0.314 e. The highest BCUT2D eigenvalue weighted by Crippen LogP contribution is 2.22. The minimum atomic E-state index is 0.724. The third-order valence-electron chi connectivity index (χ3n) is 4.10. The summed E-state index contributed by atoms with van der Waals surface area (Å²) in [7, 11) is 0. The summed E-state index contributed by atoms with van der Waals surface area (Å²) in [4.78, 5) is 2.69. The van der Waals surface area contributed by atoms with Gasteiger partial charge in [-0.25, -0.2) is 0 Å². The molecule has 0 saturated carbocycles. The Morgan fingerprint density at radius 2 is 2.00 bits per heavy atom. The van der Waals surface area contributed by atoms with Crippen LogP contribution in [-0.2, 0) is 0 Å². The highest BCUT2D eigenvalue weighted by atomic mass is 15.2. The van der Waals surface area contributed by atoms with Gasteiger partial charge in [0.15, 0.2) is 0 Å². The molecule has 1 heterocycles. The van der Waals surface area contributed by atoms with Crippen molar-refractivity contribution in [1.82, 2.24) is 10.2 Å². The van der Waals surface area contributed by atoms with Crippen molar-refractivity contribution >= 4 is 0 Å². The van der Waals surface area contributed by atoms with Crippen LogP contribution in [0.15, 0.2) is 0 Å². The number of likely N-dealkylation sites (tertiary alicyclic amines) is 1. The Balaban J connectivity index is 2.39. The van der Waals surface area contributed by atoms with Crippen molar-refractivity contribution in [3.05, 3.63) is 0 Å². The van der Waals surface area contributed by atoms with Gasteiger partial charge < -0.3 is 5.32 Å². The fraction of sp³-hybridized carbons (Fsp3) is 1.00. The van der Waals surface area contributed by atoms with Crippen LogP contribution in [0.3, 0.4) is 0 Å². The fourth-order valence-corrected chi connectivity index (χ4v) is 2.71. The zero-order valence-electron chi connectivity index (χ0n) is 11.8. The van der Waals surface area contributed by atoms with Gasteiger partial charge in [-0.2, -0.15) is 0 Å². The van der Waals surface area contributed by atoms with Crippen LogP contribution in [-0.4, -0.2) is 36.1 Å². The van der Waals surface area contributed by atoms with Crippen molar-refractivity contribution in [1.29, 1.82) is 0 Å². The standard InChI is InChI=1S/C14H30N2/c1-6-8-15-14-7-9-16(12(4)10-14)13(5)11(2)3/h11-15H,6-10H2,1-5H3. The van der Waals surface area contributed by atoms with Crippen molar-refractivity contribution < 1.29 is 0 Å². The quantitative estimate of drug-likeness (QED) is 0.775. The van der Waals surface area contributed by atoms with Gasteiger partial charge >= 0.3 is 0 Å². The van der Waals surface area contributed by atoms with Crippen LogP contribution in [0.5, 0.6) is 0 Å². The SMILES string of the molecule is CCCNC1CCN(C(C)C(C)C)C(C)C1. The zero-order valence-corrected chi connectivity index (χ0v) is 11.8. The molecule has 3 atom stereocenters. The molecule has 0 aromatic rings. The minimum Gasteiger partial charge on any atom is -0.314 e. The van der Waals surface area contributed by atoms with Crippen LogP contribution in [0.25, 0.3) is 0 Å². The van der Waals surface area contributed by atoms with E-state index in [4.69, 9.17) is 0 Å². The highest BCUT2D eigenvalue weighted by molar-refractivity contribution is 4.86. The molecular formula is C14H30N2. The van der Waals surface area contributed by atoms with Crippen molar-refractivity contribution in [3.8, 4) is 0 Å². The van der Waals surface area contributed by atoms with E-state index < -0.39 is 0 Å². The Morgan fingerprint density at radius 1 is 1.31 bits per heavy atom. The van der Waals surface area contributed by atoms with E-state index in [9.17, 15) is 0 Å². The van der Waals surface area contributed by atoms with Crippen LogP contribution in [0, 0.1) is 5.92 Å². The average molecular weight is 226 g/mol. The molecule has 96 valence electrons. The number of piperidine rings is 1. The van der Waals surface area contributed by atoms with Gasteiger partial charge in [0.25, 0.3) is 0 Å². The molecule has 0 aromatic heterocycles. The highest BCUT2D eigenvalue weighted by Gasteiger charge is 2.29. The lowest BCUT2D eigenvalue weighted by atomic mass is 9.93. The van der Waals surface area contributed by atoms with E-state index in [2.05, 4.69) is 44.8 Å². The second-order valence-corrected chi connectivity index (χ2v) is 5.75. The van der Waals surface area contributed by atoms with Gasteiger partial charge in [-0.05, 0) is 45.6 Å². The molecule has 0 bridgehead atoms. The molecule has 2 nitrogen and oxygen atoms in total. The molecule has 0 aliphatic carbocycles. The summed E-state index contributed by atoms with van der Waals surface area (Å²) in [5.41, 5.74) is 0. The molecule has 0 spiro atoms. The Labute approximate surface area is 102 Å². The third-order valence-corrected chi connectivity index (χ3v) is 4.10. The van der Waals surface area contributed by atoms with Crippen molar-refractivity contribution in [2.24, 2.45) is 5.92 Å². The van der Waals surface area contributed by atoms with E-state index in [-0.39, 0.29) is 0 Å². The van der Waals surface area contributed by atoms with E-state index >= 15 is 0 Å². The molecule has 1 rings (SSSR count). The van der Waals surface area contributed by atoms with E-state index in [1.807, 2.05) is 0 Å². The lowest BCUT2D eigenvalue weighted by molar-refractivity contribution is 0.0737. The lowest BCUT2D eigenvalue weighted by Gasteiger charge is -2.43. The first-order valence-corrected chi connectivity index (χ1v) is 7.05. The van der Waals surface area contributed by atoms with E-state index in [0.717, 1.165) is 24.0 Å². The molecule has 1 saturated heterocycles. The number of hydrogen-bond donors (Lipinski definition) is 1. The first kappa shape index (κ1) is 14.0. The molecule has 3 unspecified atom stereocenters. The maximum absolute atomic E-state index is 3.66. The second-order valence-electron chi connectivity index (χ2n) is 5.75. The van der Waals surface area contributed by atoms with Crippen molar-refractivity contribution in [2.75, 3.05) is 13.1 Å². The van der Waals surface area contributed by atoms with Crippen LogP contribution in [0.1, 0.15) is 53.9 Å². The summed E-state index contributed by atoms with van der Waals surface area (Å²) in [6.45, 7) is 14.1. The fourth-order valence-electron chi connectivity index (χ4n) is 2.71. The lowest BCUT2D eigenvalue weighted by Crippen LogP contribution is -2.52. The predicted molar refractivity (Wildman–Crippen MR) is 71.8 cm³/mol. The van der Waals surface area contributed by atoms with Gasteiger partial charge in [-0.1, -0.05) is 20.8 Å². The third kappa shape index (κ3) is 3.74. The number of nitrogens with zero attached hydrogens (tertiary/aromatic N) is 1. The van der Waals surface area contributed by atoms with E-state index in [1.165, 1.54) is 32.4 Å². The van der Waals surface area contributed by atoms with Gasteiger partial charge in [0.05, 0.1) is 0 Å². The topological polar surface area (TPSA) is 15.3 Å². The predicted octanol–water partition coefficient (Wildman–Crippen LogP) is 2.88. The van der Waals surface area contributed by atoms with E-state index in [0.29, 0.717) is 0 Å². The van der Waals surface area contributed by atoms with Crippen LogP contribution in [0.4, 0.5) is 0 Å². The molecule has 1 aliphatic heterocycles. The first-order chi connectivity index (χ1) is 7.56. The Morgan fingerprint density at radius 3 is 2.50 bits per heavy atom. The van der Waals surface area contributed by atoms with Crippen LogP contribution >= 0.6 is 0 Å². The average Bonchev–Trinajstić information content (AvgIpc) is 2.25. The monoisotopic (exact) mass is 226 g/mol. The molecule has 1 aliphatic rings. The number of rotatable bonds is 5. The molecule has 0 amide bonds. The smallest absolute Gasteiger partial charge is 0.00940 e. The van der Waals surface area contributed by atoms with Gasteiger partial charge in [-0.3, -0.25) is 4.90 Å². The van der Waals surface area contributed by atoms with Gasteiger partial charge in [-0.15, -0.1) is 0 Å². The molecule has 1 N–H and O–H groups in total. The Kier molecular flexibility index (Phi) is 5.77. The normalized spacial score (nSPS) is 29.6. The Hall–Kier alpha value is -0.0800. The summed E-state index contributed by atoms with van der Waals surface area (Å²) in [5.74, 6) is 0.766. The summed E-state index contributed by atoms with van der Waals surface area (Å²) in [5, 5.41) is 3.66. The van der Waals surface area contributed by atoms with Crippen LogP contribution < -0.4 is 5.32 Å². The molecule has 0 aromatic carbocycles. The van der Waals surface area contributed by atoms with Gasteiger partial charge in [0, 0.05) is 24.7 Å². The maximum Gasteiger partial charge on any atom is 0.00940 e. The first-order valence-electron chi connectivity index (χ1n) is 7.05. The molecule has 2 heteroatoms. The summed E-state index contributed by atoms with van der Waals surface area (Å²) >= 11 is 0. The van der Waals surface area contributed by atoms with Crippen molar-refractivity contribution in [3.63, 3.8) is 0 Å². The Bertz CT molecular complexity index is 191. The number of nitrogens with one attached hydrogen (secondary N) is 1. The molecule has 16 heavy (non-hydrogen) atoms. The van der Waals surface area contributed by atoms with Gasteiger partial charge in [0.1, 0.15) is 0 Å². The summed E-state index contributed by atoms with van der Waals surface area (Å²) < 4.78 is 0. The zero-order chi connectivity index (χ0) is 12.1.